The second kappa shape index (κ2) is 6.55. The van der Waals surface area contributed by atoms with E-state index >= 15 is 0 Å². The van der Waals surface area contributed by atoms with Crippen LogP contribution in [0.1, 0.15) is 25.7 Å². The predicted octanol–water partition coefficient (Wildman–Crippen LogP) is 4.54. The van der Waals surface area contributed by atoms with Gasteiger partial charge in [0, 0.05) is 27.7 Å². The van der Waals surface area contributed by atoms with Crippen molar-refractivity contribution in [2.24, 2.45) is 0 Å². The Labute approximate surface area is 111 Å². The van der Waals surface area contributed by atoms with Gasteiger partial charge in [0.15, 0.2) is 0 Å². The number of hydrogen-bond acceptors (Lipinski definition) is 2. The van der Waals surface area contributed by atoms with E-state index < -0.39 is 0 Å². The molecule has 1 fully saturated rings. The third kappa shape index (κ3) is 4.02. The zero-order chi connectivity index (χ0) is 11.2. The standard InChI is InChI=1S/C13H18BrNS/c14-11-5-7-12(8-6-11)15-9-10-16-13-3-1-2-4-13/h5-8,13,15H,1-4,9-10H2. The van der Waals surface area contributed by atoms with E-state index in [0.29, 0.717) is 0 Å². The molecule has 0 bridgehead atoms. The average Bonchev–Trinajstić information content (AvgIpc) is 2.80. The summed E-state index contributed by atoms with van der Waals surface area (Å²) in [7, 11) is 0. The van der Waals surface area contributed by atoms with Crippen molar-refractivity contribution < 1.29 is 0 Å². The SMILES string of the molecule is Brc1ccc(NCCSC2CCCC2)cc1. The van der Waals surface area contributed by atoms with Gasteiger partial charge in [-0.15, -0.1) is 0 Å². The first-order valence-corrected chi connectivity index (χ1v) is 7.80. The van der Waals surface area contributed by atoms with Crippen LogP contribution in [0.5, 0.6) is 0 Å². The highest BCUT2D eigenvalue weighted by atomic mass is 79.9. The molecule has 1 aromatic rings. The first-order valence-electron chi connectivity index (χ1n) is 5.95. The number of hydrogen-bond donors (Lipinski definition) is 1. The Morgan fingerprint density at radius 3 is 2.56 bits per heavy atom. The fraction of sp³-hybridized carbons (Fsp3) is 0.538. The number of rotatable bonds is 5. The number of thioether (sulfide) groups is 1. The Morgan fingerprint density at radius 2 is 1.88 bits per heavy atom. The molecule has 0 aliphatic heterocycles. The Morgan fingerprint density at radius 1 is 1.19 bits per heavy atom. The summed E-state index contributed by atoms with van der Waals surface area (Å²) in [4.78, 5) is 0. The summed E-state index contributed by atoms with van der Waals surface area (Å²) >= 11 is 5.57. The third-order valence-corrected chi connectivity index (χ3v) is 4.84. The number of benzene rings is 1. The number of nitrogens with one attached hydrogen (secondary N) is 1. The molecule has 0 aromatic heterocycles. The lowest BCUT2D eigenvalue weighted by Crippen LogP contribution is -2.06. The lowest BCUT2D eigenvalue weighted by molar-refractivity contribution is 0.886. The van der Waals surface area contributed by atoms with Crippen molar-refractivity contribution in [3.8, 4) is 0 Å². The molecule has 88 valence electrons. The first-order chi connectivity index (χ1) is 7.84. The van der Waals surface area contributed by atoms with Gasteiger partial charge in [0.25, 0.3) is 0 Å². The minimum atomic E-state index is 0.937. The Balaban J connectivity index is 1.62. The van der Waals surface area contributed by atoms with Gasteiger partial charge >= 0.3 is 0 Å². The van der Waals surface area contributed by atoms with E-state index in [-0.39, 0.29) is 0 Å². The van der Waals surface area contributed by atoms with Crippen LogP contribution in [0.4, 0.5) is 5.69 Å². The fourth-order valence-corrected chi connectivity index (χ4v) is 3.53. The molecule has 2 rings (SSSR count). The lowest BCUT2D eigenvalue weighted by Gasteiger charge is -2.10. The molecule has 1 aliphatic rings. The van der Waals surface area contributed by atoms with Crippen molar-refractivity contribution in [1.29, 1.82) is 0 Å². The maximum atomic E-state index is 3.45. The van der Waals surface area contributed by atoms with Crippen LogP contribution in [0.15, 0.2) is 28.7 Å². The van der Waals surface area contributed by atoms with E-state index in [0.717, 1.165) is 16.3 Å². The predicted molar refractivity (Wildman–Crippen MR) is 77.3 cm³/mol. The minimum absolute atomic E-state index is 0.937. The molecular weight excluding hydrogens is 282 g/mol. The molecule has 1 nitrogen and oxygen atoms in total. The molecular formula is C13H18BrNS. The first kappa shape index (κ1) is 12.3. The highest BCUT2D eigenvalue weighted by Gasteiger charge is 2.14. The molecule has 16 heavy (non-hydrogen) atoms. The molecule has 0 heterocycles. The van der Waals surface area contributed by atoms with Crippen molar-refractivity contribution in [3.05, 3.63) is 28.7 Å². The third-order valence-electron chi connectivity index (χ3n) is 2.93. The molecule has 0 atom stereocenters. The van der Waals surface area contributed by atoms with Crippen LogP contribution in [0, 0.1) is 0 Å². The zero-order valence-corrected chi connectivity index (χ0v) is 11.8. The van der Waals surface area contributed by atoms with E-state index in [2.05, 4.69) is 57.3 Å². The molecule has 0 amide bonds. The van der Waals surface area contributed by atoms with Crippen molar-refractivity contribution in [2.45, 2.75) is 30.9 Å². The van der Waals surface area contributed by atoms with E-state index in [1.165, 1.54) is 37.1 Å². The van der Waals surface area contributed by atoms with Gasteiger partial charge in [-0.3, -0.25) is 0 Å². The molecule has 0 radical (unpaired) electrons. The highest BCUT2D eigenvalue weighted by Crippen LogP contribution is 2.29. The van der Waals surface area contributed by atoms with E-state index in [4.69, 9.17) is 0 Å². The van der Waals surface area contributed by atoms with Gasteiger partial charge in [-0.05, 0) is 37.1 Å². The highest BCUT2D eigenvalue weighted by molar-refractivity contribution is 9.10. The van der Waals surface area contributed by atoms with Gasteiger partial charge in [-0.1, -0.05) is 28.8 Å². The second-order valence-corrected chi connectivity index (χ2v) is 6.53. The molecule has 1 aromatic carbocycles. The Hall–Kier alpha value is -0.150. The Kier molecular flexibility index (Phi) is 5.04. The van der Waals surface area contributed by atoms with Crippen molar-refractivity contribution in [1.82, 2.24) is 0 Å². The van der Waals surface area contributed by atoms with Gasteiger partial charge in [-0.25, -0.2) is 0 Å². The van der Waals surface area contributed by atoms with Crippen LogP contribution < -0.4 is 5.32 Å². The van der Waals surface area contributed by atoms with Gasteiger partial charge in [0.2, 0.25) is 0 Å². The summed E-state index contributed by atoms with van der Waals surface area (Å²) in [6.07, 6.45) is 5.75. The summed E-state index contributed by atoms with van der Waals surface area (Å²) in [5.41, 5.74) is 1.22. The molecule has 1 saturated carbocycles. The number of anilines is 1. The number of halogens is 1. The fourth-order valence-electron chi connectivity index (χ4n) is 2.04. The van der Waals surface area contributed by atoms with E-state index in [1.54, 1.807) is 0 Å². The van der Waals surface area contributed by atoms with Crippen LogP contribution in [0.3, 0.4) is 0 Å². The summed E-state index contributed by atoms with van der Waals surface area (Å²) in [5, 5.41) is 4.39. The largest absolute Gasteiger partial charge is 0.384 e. The summed E-state index contributed by atoms with van der Waals surface area (Å²) in [6, 6.07) is 8.38. The molecule has 3 heteroatoms. The maximum Gasteiger partial charge on any atom is 0.0341 e. The van der Waals surface area contributed by atoms with Gasteiger partial charge in [-0.2, -0.15) is 11.8 Å². The normalized spacial score (nSPS) is 16.6. The Bertz CT molecular complexity index is 306. The van der Waals surface area contributed by atoms with Gasteiger partial charge in [0.1, 0.15) is 0 Å². The van der Waals surface area contributed by atoms with Gasteiger partial charge < -0.3 is 5.32 Å². The molecule has 0 unspecified atom stereocenters. The molecule has 0 saturated heterocycles. The summed E-state index contributed by atoms with van der Waals surface area (Å²) < 4.78 is 1.14. The second-order valence-electron chi connectivity index (χ2n) is 4.21. The van der Waals surface area contributed by atoms with E-state index in [9.17, 15) is 0 Å². The minimum Gasteiger partial charge on any atom is -0.384 e. The van der Waals surface area contributed by atoms with E-state index in [1.807, 2.05) is 0 Å². The summed E-state index contributed by atoms with van der Waals surface area (Å²) in [5.74, 6) is 1.22. The maximum absolute atomic E-state index is 3.45. The summed E-state index contributed by atoms with van der Waals surface area (Å²) in [6.45, 7) is 1.07. The van der Waals surface area contributed by atoms with Crippen molar-refractivity contribution in [2.75, 3.05) is 17.6 Å². The van der Waals surface area contributed by atoms with Crippen molar-refractivity contribution >= 4 is 33.4 Å². The van der Waals surface area contributed by atoms with Crippen molar-refractivity contribution in [3.63, 3.8) is 0 Å². The average molecular weight is 300 g/mol. The topological polar surface area (TPSA) is 12.0 Å². The zero-order valence-electron chi connectivity index (χ0n) is 9.42. The van der Waals surface area contributed by atoms with Crippen LogP contribution >= 0.6 is 27.7 Å². The monoisotopic (exact) mass is 299 g/mol. The van der Waals surface area contributed by atoms with Crippen LogP contribution in [0.2, 0.25) is 0 Å². The van der Waals surface area contributed by atoms with Crippen LogP contribution in [-0.2, 0) is 0 Å². The van der Waals surface area contributed by atoms with Gasteiger partial charge in [0.05, 0.1) is 0 Å². The molecule has 0 spiro atoms. The smallest absolute Gasteiger partial charge is 0.0341 e. The molecule has 1 N–H and O–H groups in total. The van der Waals surface area contributed by atoms with Crippen LogP contribution in [-0.4, -0.2) is 17.5 Å². The molecule has 1 aliphatic carbocycles. The van der Waals surface area contributed by atoms with Crippen LogP contribution in [0.25, 0.3) is 0 Å². The quantitative estimate of drug-likeness (QED) is 0.801. The lowest BCUT2D eigenvalue weighted by atomic mass is 10.3.